The second kappa shape index (κ2) is 12.7. The SMILES string of the molecule is C.C.COCOC(=O)CC(=O)OCOC(=O)c1ccc(C(C)=O)cc1. The Morgan fingerprint density at radius 3 is 1.76 bits per heavy atom. The van der Waals surface area contributed by atoms with Crippen molar-refractivity contribution in [2.24, 2.45) is 0 Å². The van der Waals surface area contributed by atoms with Crippen LogP contribution in [-0.4, -0.2) is 44.4 Å². The molecule has 1 aromatic carbocycles. The Hall–Kier alpha value is -2.74. The Kier molecular flexibility index (Phi) is 12.4. The molecule has 0 spiro atoms. The molecule has 0 bridgehead atoms. The molecule has 0 aromatic heterocycles. The number of ketones is 1. The fraction of sp³-hybridized carbons (Fsp3) is 0.412. The van der Waals surface area contributed by atoms with Gasteiger partial charge in [-0.3, -0.25) is 14.4 Å². The summed E-state index contributed by atoms with van der Waals surface area (Å²) in [5, 5.41) is 0. The quantitative estimate of drug-likeness (QED) is 0.302. The van der Waals surface area contributed by atoms with E-state index in [-0.39, 0.29) is 33.0 Å². The third-order valence-corrected chi connectivity index (χ3v) is 2.56. The highest BCUT2D eigenvalue weighted by Crippen LogP contribution is 2.07. The first kappa shape index (κ1) is 24.5. The average Bonchev–Trinajstić information content (AvgIpc) is 2.52. The van der Waals surface area contributed by atoms with Crippen molar-refractivity contribution in [2.45, 2.75) is 28.2 Å². The molecule has 0 aliphatic rings. The molecule has 0 amide bonds. The number of ether oxygens (including phenoxy) is 4. The van der Waals surface area contributed by atoms with Gasteiger partial charge in [0.15, 0.2) is 12.6 Å². The maximum Gasteiger partial charge on any atom is 0.340 e. The van der Waals surface area contributed by atoms with E-state index in [1.807, 2.05) is 0 Å². The molecule has 0 saturated heterocycles. The van der Waals surface area contributed by atoms with E-state index < -0.39 is 31.1 Å². The zero-order valence-electron chi connectivity index (χ0n) is 12.7. The lowest BCUT2D eigenvalue weighted by molar-refractivity contribution is -0.164. The van der Waals surface area contributed by atoms with Gasteiger partial charge in [-0.15, -0.1) is 0 Å². The number of hydrogen-bond acceptors (Lipinski definition) is 8. The van der Waals surface area contributed by atoms with Gasteiger partial charge in [-0.25, -0.2) is 4.79 Å². The van der Waals surface area contributed by atoms with Crippen LogP contribution in [0, 0.1) is 0 Å². The monoisotopic (exact) mass is 356 g/mol. The Balaban J connectivity index is 0. The maximum atomic E-state index is 11.7. The average molecular weight is 356 g/mol. The largest absolute Gasteiger partial charge is 0.438 e. The van der Waals surface area contributed by atoms with E-state index in [0.717, 1.165) is 0 Å². The zero-order valence-corrected chi connectivity index (χ0v) is 12.7. The number of carbonyl (C=O) groups excluding carboxylic acids is 4. The normalized spacial score (nSPS) is 9.04. The van der Waals surface area contributed by atoms with Crippen LogP contribution in [0.3, 0.4) is 0 Å². The van der Waals surface area contributed by atoms with Crippen molar-refractivity contribution in [3.8, 4) is 0 Å². The van der Waals surface area contributed by atoms with Crippen molar-refractivity contribution < 1.29 is 38.1 Å². The summed E-state index contributed by atoms with van der Waals surface area (Å²) in [4.78, 5) is 45.1. The van der Waals surface area contributed by atoms with Gasteiger partial charge in [-0.05, 0) is 19.1 Å². The van der Waals surface area contributed by atoms with Crippen LogP contribution in [0.1, 0.15) is 48.9 Å². The minimum absolute atomic E-state index is 0. The first-order chi connectivity index (χ1) is 10.9. The van der Waals surface area contributed by atoms with Gasteiger partial charge in [0.25, 0.3) is 0 Å². The van der Waals surface area contributed by atoms with Gasteiger partial charge < -0.3 is 18.9 Å². The topological polar surface area (TPSA) is 105 Å². The van der Waals surface area contributed by atoms with Crippen LogP contribution in [0.2, 0.25) is 0 Å². The van der Waals surface area contributed by atoms with E-state index >= 15 is 0 Å². The van der Waals surface area contributed by atoms with Crippen molar-refractivity contribution in [3.63, 3.8) is 0 Å². The maximum absolute atomic E-state index is 11.7. The van der Waals surface area contributed by atoms with Gasteiger partial charge in [-0.1, -0.05) is 27.0 Å². The molecule has 140 valence electrons. The number of esters is 3. The molecule has 0 heterocycles. The molecule has 1 rings (SSSR count). The van der Waals surface area contributed by atoms with Crippen molar-refractivity contribution in [3.05, 3.63) is 35.4 Å². The number of Topliss-reactive ketones (excluding diaryl/α,β-unsaturated/α-hetero) is 1. The van der Waals surface area contributed by atoms with Crippen LogP contribution < -0.4 is 0 Å². The summed E-state index contributed by atoms with van der Waals surface area (Å²) < 4.78 is 18.3. The molecule has 8 nitrogen and oxygen atoms in total. The van der Waals surface area contributed by atoms with Gasteiger partial charge in [0.1, 0.15) is 6.42 Å². The molecule has 0 unspecified atom stereocenters. The van der Waals surface area contributed by atoms with Crippen LogP contribution >= 0.6 is 0 Å². The molecule has 8 heteroatoms. The molecule has 0 aliphatic carbocycles. The minimum atomic E-state index is -0.897. The van der Waals surface area contributed by atoms with Crippen molar-refractivity contribution in [1.82, 2.24) is 0 Å². The number of carbonyl (C=O) groups is 4. The summed E-state index contributed by atoms with van der Waals surface area (Å²) in [6, 6.07) is 5.81. The third-order valence-electron chi connectivity index (χ3n) is 2.56. The lowest BCUT2D eigenvalue weighted by atomic mass is 10.1. The predicted octanol–water partition coefficient (Wildman–Crippen LogP) is 2.36. The first-order valence-electron chi connectivity index (χ1n) is 6.52. The lowest BCUT2D eigenvalue weighted by Crippen LogP contribution is -2.17. The fourth-order valence-corrected chi connectivity index (χ4v) is 1.42. The molecule has 0 aliphatic heterocycles. The number of hydrogen-bond donors (Lipinski definition) is 0. The molecule has 0 saturated carbocycles. The van der Waals surface area contributed by atoms with E-state index in [0.29, 0.717) is 5.56 Å². The van der Waals surface area contributed by atoms with Crippen molar-refractivity contribution in [2.75, 3.05) is 20.7 Å². The first-order valence-corrected chi connectivity index (χ1v) is 6.52. The van der Waals surface area contributed by atoms with Crippen LogP contribution in [0.15, 0.2) is 24.3 Å². The van der Waals surface area contributed by atoms with Crippen molar-refractivity contribution >= 4 is 23.7 Å². The Bertz CT molecular complexity index is 577. The molecule has 0 N–H and O–H groups in total. The molecule has 1 aromatic rings. The van der Waals surface area contributed by atoms with E-state index in [2.05, 4.69) is 14.2 Å². The van der Waals surface area contributed by atoms with Gasteiger partial charge in [0.2, 0.25) is 6.79 Å². The summed E-state index contributed by atoms with van der Waals surface area (Å²) in [6.45, 7) is 0.505. The fourth-order valence-electron chi connectivity index (χ4n) is 1.42. The Morgan fingerprint density at radius 2 is 1.28 bits per heavy atom. The number of rotatable bonds is 8. The predicted molar refractivity (Wildman–Crippen MR) is 88.9 cm³/mol. The van der Waals surface area contributed by atoms with E-state index in [9.17, 15) is 19.2 Å². The van der Waals surface area contributed by atoms with Gasteiger partial charge in [-0.2, -0.15) is 0 Å². The molecule has 0 radical (unpaired) electrons. The summed E-state index contributed by atoms with van der Waals surface area (Å²) in [5.41, 5.74) is 0.660. The molecule has 0 atom stereocenters. The second-order valence-electron chi connectivity index (χ2n) is 4.30. The number of benzene rings is 1. The minimum Gasteiger partial charge on any atom is -0.438 e. The Morgan fingerprint density at radius 1 is 0.800 bits per heavy atom. The van der Waals surface area contributed by atoms with Crippen LogP contribution in [0.5, 0.6) is 0 Å². The summed E-state index contributed by atoms with van der Waals surface area (Å²) in [5.74, 6) is -2.57. The highest BCUT2D eigenvalue weighted by atomic mass is 16.7. The van der Waals surface area contributed by atoms with E-state index in [1.54, 1.807) is 0 Å². The standard InChI is InChI=1S/C15H16O8.2CH4/c1-10(16)11-3-5-12(6-4-11)15(19)23-9-22-14(18)7-13(17)21-8-20-2;;/h3-6H,7-9H2,1-2H3;2*1H4. The third kappa shape index (κ3) is 9.21. The van der Waals surface area contributed by atoms with Crippen LogP contribution in [0.4, 0.5) is 0 Å². The van der Waals surface area contributed by atoms with Crippen molar-refractivity contribution in [1.29, 1.82) is 0 Å². The molecule has 0 fully saturated rings. The molecular weight excluding hydrogens is 332 g/mol. The highest BCUT2D eigenvalue weighted by Gasteiger charge is 2.13. The van der Waals surface area contributed by atoms with Crippen LogP contribution in [0.25, 0.3) is 0 Å². The number of methoxy groups -OCH3 is 1. The molecule has 25 heavy (non-hydrogen) atoms. The van der Waals surface area contributed by atoms with Crippen LogP contribution in [-0.2, 0) is 28.5 Å². The highest BCUT2D eigenvalue weighted by molar-refractivity contribution is 5.96. The van der Waals surface area contributed by atoms with E-state index in [1.165, 1.54) is 38.3 Å². The smallest absolute Gasteiger partial charge is 0.340 e. The van der Waals surface area contributed by atoms with E-state index in [4.69, 9.17) is 4.74 Å². The Labute approximate surface area is 147 Å². The summed E-state index contributed by atoms with van der Waals surface area (Å²) in [7, 11) is 1.33. The van der Waals surface area contributed by atoms with Gasteiger partial charge in [0, 0.05) is 12.7 Å². The van der Waals surface area contributed by atoms with Gasteiger partial charge in [0.05, 0.1) is 5.56 Å². The summed E-state index contributed by atoms with van der Waals surface area (Å²) >= 11 is 0. The molecular formula is C17H24O8. The lowest BCUT2D eigenvalue weighted by Gasteiger charge is -2.07. The summed E-state index contributed by atoms with van der Waals surface area (Å²) in [6.07, 6.45) is -0.617. The second-order valence-corrected chi connectivity index (χ2v) is 4.30. The zero-order chi connectivity index (χ0) is 17.2. The van der Waals surface area contributed by atoms with Gasteiger partial charge >= 0.3 is 17.9 Å².